The van der Waals surface area contributed by atoms with Crippen LogP contribution in [0.2, 0.25) is 0 Å². The normalized spacial score (nSPS) is 16.5. The van der Waals surface area contributed by atoms with Gasteiger partial charge in [-0.2, -0.15) is 16.5 Å². The third-order valence-electron chi connectivity index (χ3n) is 4.56. The van der Waals surface area contributed by atoms with Crippen LogP contribution in [0.25, 0.3) is 0 Å². The predicted molar refractivity (Wildman–Crippen MR) is 106 cm³/mol. The van der Waals surface area contributed by atoms with Crippen molar-refractivity contribution in [2.45, 2.75) is 49.5 Å². The molecule has 27 heavy (non-hydrogen) atoms. The van der Waals surface area contributed by atoms with Gasteiger partial charge in [-0.3, -0.25) is 20.4 Å². The number of carbonyl (C=O) groups excluding carboxylic acids is 2. The van der Waals surface area contributed by atoms with Gasteiger partial charge in [0.15, 0.2) is 0 Å². The van der Waals surface area contributed by atoms with E-state index in [2.05, 4.69) is 15.6 Å². The first kappa shape index (κ1) is 21.7. The summed E-state index contributed by atoms with van der Waals surface area (Å²) in [6.07, 6.45) is 6.99. The largest absolute Gasteiger partial charge is 0.273 e. The SMILES string of the molecule is CSCC[C@@H](NS(=O)(=O)c1ccccc1)C(=O)NNC(=O)C1CCCCC1. The summed E-state index contributed by atoms with van der Waals surface area (Å²) in [6, 6.07) is 6.94. The average molecular weight is 414 g/mol. The molecule has 0 spiro atoms. The summed E-state index contributed by atoms with van der Waals surface area (Å²) in [5.74, 6) is -0.263. The molecule has 0 radical (unpaired) electrons. The van der Waals surface area contributed by atoms with E-state index in [1.807, 2.05) is 6.26 Å². The van der Waals surface area contributed by atoms with Crippen LogP contribution >= 0.6 is 11.8 Å². The second-order valence-corrected chi connectivity index (χ2v) is 9.28. The Labute approximate surface area is 165 Å². The zero-order chi connectivity index (χ0) is 19.7. The number of benzene rings is 1. The van der Waals surface area contributed by atoms with E-state index in [-0.39, 0.29) is 16.7 Å². The summed E-state index contributed by atoms with van der Waals surface area (Å²) in [5, 5.41) is 0. The molecule has 3 N–H and O–H groups in total. The minimum Gasteiger partial charge on any atom is -0.273 e. The quantitative estimate of drug-likeness (QED) is 0.564. The second kappa shape index (κ2) is 10.7. The summed E-state index contributed by atoms with van der Waals surface area (Å²) < 4.78 is 27.5. The number of nitrogens with one attached hydrogen (secondary N) is 3. The standard InChI is InChI=1S/C18H27N3O4S2/c1-26-13-12-16(21-27(24,25)15-10-6-3-7-11-15)18(23)20-19-17(22)14-8-4-2-5-9-14/h3,6-7,10-11,14,16,21H,2,4-5,8-9,12-13H2,1H3,(H,19,22)(H,20,23)/t16-/m1/s1. The van der Waals surface area contributed by atoms with Gasteiger partial charge in [0, 0.05) is 5.92 Å². The first-order valence-corrected chi connectivity index (χ1v) is 12.0. The number of thioether (sulfide) groups is 1. The third-order valence-corrected chi connectivity index (χ3v) is 6.69. The van der Waals surface area contributed by atoms with Crippen molar-refractivity contribution in [3.8, 4) is 0 Å². The van der Waals surface area contributed by atoms with E-state index < -0.39 is 22.0 Å². The minimum absolute atomic E-state index is 0.0929. The molecule has 1 aromatic carbocycles. The van der Waals surface area contributed by atoms with E-state index in [0.29, 0.717) is 12.2 Å². The van der Waals surface area contributed by atoms with Crippen molar-refractivity contribution in [1.29, 1.82) is 0 Å². The predicted octanol–water partition coefficient (Wildman–Crippen LogP) is 1.81. The lowest BCUT2D eigenvalue weighted by Crippen LogP contribution is -2.53. The average Bonchev–Trinajstić information content (AvgIpc) is 2.70. The summed E-state index contributed by atoms with van der Waals surface area (Å²) in [5.41, 5.74) is 4.84. The van der Waals surface area contributed by atoms with Crippen LogP contribution in [0.1, 0.15) is 38.5 Å². The van der Waals surface area contributed by atoms with Crippen LogP contribution in [0.3, 0.4) is 0 Å². The van der Waals surface area contributed by atoms with Crippen LogP contribution in [0.15, 0.2) is 35.2 Å². The molecule has 150 valence electrons. The zero-order valence-corrected chi connectivity index (χ0v) is 17.1. The van der Waals surface area contributed by atoms with Crippen LogP contribution in [-0.4, -0.2) is 38.3 Å². The highest BCUT2D eigenvalue weighted by molar-refractivity contribution is 7.98. The minimum atomic E-state index is -3.83. The Morgan fingerprint density at radius 3 is 2.41 bits per heavy atom. The summed E-state index contributed by atoms with van der Waals surface area (Å²) in [6.45, 7) is 0. The van der Waals surface area contributed by atoms with Crippen molar-refractivity contribution in [3.63, 3.8) is 0 Å². The lowest BCUT2D eigenvalue weighted by molar-refractivity contribution is -0.132. The van der Waals surface area contributed by atoms with Crippen molar-refractivity contribution < 1.29 is 18.0 Å². The highest BCUT2D eigenvalue weighted by Gasteiger charge is 2.27. The van der Waals surface area contributed by atoms with Crippen molar-refractivity contribution in [1.82, 2.24) is 15.6 Å². The Balaban J connectivity index is 1.97. The Hall–Kier alpha value is -1.58. The number of amides is 2. The van der Waals surface area contributed by atoms with Crippen LogP contribution < -0.4 is 15.6 Å². The van der Waals surface area contributed by atoms with E-state index in [1.54, 1.807) is 18.2 Å². The van der Waals surface area contributed by atoms with E-state index in [4.69, 9.17) is 0 Å². The summed E-state index contributed by atoms with van der Waals surface area (Å²) in [7, 11) is -3.83. The molecule has 1 aromatic rings. The fourth-order valence-electron chi connectivity index (χ4n) is 3.01. The van der Waals surface area contributed by atoms with Gasteiger partial charge in [0.1, 0.15) is 6.04 Å². The molecule has 2 amide bonds. The van der Waals surface area contributed by atoms with Gasteiger partial charge in [0.2, 0.25) is 15.9 Å². The van der Waals surface area contributed by atoms with E-state index in [9.17, 15) is 18.0 Å². The topological polar surface area (TPSA) is 104 Å². The zero-order valence-electron chi connectivity index (χ0n) is 15.4. The maximum atomic E-state index is 12.5. The van der Waals surface area contributed by atoms with Crippen molar-refractivity contribution in [2.75, 3.05) is 12.0 Å². The fourth-order valence-corrected chi connectivity index (χ4v) is 4.73. The monoisotopic (exact) mass is 413 g/mol. The molecule has 2 rings (SSSR count). The molecule has 1 aliphatic rings. The van der Waals surface area contributed by atoms with Gasteiger partial charge in [0.05, 0.1) is 4.90 Å². The molecule has 1 atom stereocenters. The number of carbonyl (C=O) groups is 2. The molecule has 0 saturated heterocycles. The van der Waals surface area contributed by atoms with Gasteiger partial charge in [-0.05, 0) is 43.4 Å². The Kier molecular flexibility index (Phi) is 8.59. The third kappa shape index (κ3) is 6.82. The highest BCUT2D eigenvalue weighted by Crippen LogP contribution is 2.23. The number of hydrogen-bond acceptors (Lipinski definition) is 5. The van der Waals surface area contributed by atoms with Gasteiger partial charge < -0.3 is 0 Å². The van der Waals surface area contributed by atoms with Crippen LogP contribution in [0.4, 0.5) is 0 Å². The molecule has 1 saturated carbocycles. The molecule has 7 nitrogen and oxygen atoms in total. The second-order valence-electron chi connectivity index (χ2n) is 6.58. The highest BCUT2D eigenvalue weighted by atomic mass is 32.2. The number of hydrogen-bond donors (Lipinski definition) is 3. The molecule has 9 heteroatoms. The number of sulfonamides is 1. The number of rotatable bonds is 8. The van der Waals surface area contributed by atoms with Gasteiger partial charge >= 0.3 is 0 Å². The van der Waals surface area contributed by atoms with Crippen molar-refractivity contribution in [3.05, 3.63) is 30.3 Å². The molecule has 0 unspecified atom stereocenters. The van der Waals surface area contributed by atoms with Crippen LogP contribution in [0.5, 0.6) is 0 Å². The van der Waals surface area contributed by atoms with Gasteiger partial charge in [-0.1, -0.05) is 37.5 Å². The molecular formula is C18H27N3O4S2. The van der Waals surface area contributed by atoms with Crippen LogP contribution in [0, 0.1) is 5.92 Å². The molecule has 0 aliphatic heterocycles. The van der Waals surface area contributed by atoms with E-state index in [1.165, 1.54) is 23.9 Å². The molecule has 0 bridgehead atoms. The van der Waals surface area contributed by atoms with Gasteiger partial charge in [-0.25, -0.2) is 8.42 Å². The Morgan fingerprint density at radius 2 is 1.78 bits per heavy atom. The van der Waals surface area contributed by atoms with Crippen molar-refractivity contribution in [2.24, 2.45) is 5.92 Å². The van der Waals surface area contributed by atoms with Crippen LogP contribution in [-0.2, 0) is 19.6 Å². The smallest absolute Gasteiger partial charge is 0.256 e. The maximum absolute atomic E-state index is 12.5. The lowest BCUT2D eigenvalue weighted by Gasteiger charge is -2.22. The fraction of sp³-hybridized carbons (Fsp3) is 0.556. The van der Waals surface area contributed by atoms with Gasteiger partial charge in [0.25, 0.3) is 5.91 Å². The van der Waals surface area contributed by atoms with Gasteiger partial charge in [-0.15, -0.1) is 0 Å². The van der Waals surface area contributed by atoms with E-state index >= 15 is 0 Å². The van der Waals surface area contributed by atoms with Crippen molar-refractivity contribution >= 4 is 33.6 Å². The molecule has 0 aromatic heterocycles. The Morgan fingerprint density at radius 1 is 1.11 bits per heavy atom. The maximum Gasteiger partial charge on any atom is 0.256 e. The summed E-state index contributed by atoms with van der Waals surface area (Å²) >= 11 is 1.51. The number of hydrazine groups is 1. The molecule has 1 aliphatic carbocycles. The Bertz CT molecular complexity index is 719. The lowest BCUT2D eigenvalue weighted by atomic mass is 9.89. The molecular weight excluding hydrogens is 386 g/mol. The summed E-state index contributed by atoms with van der Waals surface area (Å²) in [4.78, 5) is 24.8. The molecule has 1 fully saturated rings. The van der Waals surface area contributed by atoms with E-state index in [0.717, 1.165) is 32.1 Å². The first-order chi connectivity index (χ1) is 12.9. The molecule has 0 heterocycles. The first-order valence-electron chi connectivity index (χ1n) is 9.10.